The van der Waals surface area contributed by atoms with Gasteiger partial charge in [0.25, 0.3) is 0 Å². The molecule has 0 bridgehead atoms. The summed E-state index contributed by atoms with van der Waals surface area (Å²) in [5.41, 5.74) is 6.20. The second kappa shape index (κ2) is 8.21. The zero-order valence-corrected chi connectivity index (χ0v) is 13.0. The van der Waals surface area contributed by atoms with Gasteiger partial charge in [0.2, 0.25) is 10.0 Å². The molecule has 0 aliphatic heterocycles. The Balaban J connectivity index is 0.00000361. The van der Waals surface area contributed by atoms with Crippen molar-refractivity contribution in [1.29, 1.82) is 0 Å². The van der Waals surface area contributed by atoms with Gasteiger partial charge in [-0.3, -0.25) is 0 Å². The monoisotopic (exact) mass is 322 g/mol. The minimum absolute atomic E-state index is 0. The van der Waals surface area contributed by atoms with E-state index in [4.69, 9.17) is 5.73 Å². The van der Waals surface area contributed by atoms with E-state index in [0.717, 1.165) is 0 Å². The predicted molar refractivity (Wildman–Crippen MR) is 79.3 cm³/mol. The van der Waals surface area contributed by atoms with E-state index >= 15 is 0 Å². The molecule has 0 saturated carbocycles. The molecule has 1 aromatic carbocycles. The molecule has 20 heavy (non-hydrogen) atoms. The number of benzene rings is 1. The van der Waals surface area contributed by atoms with Crippen LogP contribution in [0.5, 0.6) is 0 Å². The summed E-state index contributed by atoms with van der Waals surface area (Å²) in [4.78, 5) is 11.4. The van der Waals surface area contributed by atoms with Crippen LogP contribution in [0.25, 0.3) is 0 Å². The van der Waals surface area contributed by atoms with Crippen LogP contribution in [0.3, 0.4) is 0 Å². The Labute approximate surface area is 125 Å². The van der Waals surface area contributed by atoms with Crippen molar-refractivity contribution in [2.24, 2.45) is 5.73 Å². The lowest BCUT2D eigenvalue weighted by Crippen LogP contribution is -2.38. The summed E-state index contributed by atoms with van der Waals surface area (Å²) in [6.07, 6.45) is 0. The van der Waals surface area contributed by atoms with Gasteiger partial charge in [-0.05, 0) is 24.6 Å². The van der Waals surface area contributed by atoms with E-state index in [1.165, 1.54) is 13.2 Å². The van der Waals surface area contributed by atoms with Crippen LogP contribution in [0.15, 0.2) is 24.3 Å². The highest BCUT2D eigenvalue weighted by atomic mass is 35.5. The smallest absolute Gasteiger partial charge is 0.337 e. The summed E-state index contributed by atoms with van der Waals surface area (Å²) < 4.78 is 30.7. The van der Waals surface area contributed by atoms with Crippen molar-refractivity contribution in [3.8, 4) is 0 Å². The van der Waals surface area contributed by atoms with Gasteiger partial charge in [-0.2, -0.15) is 0 Å². The lowest BCUT2D eigenvalue weighted by Gasteiger charge is -2.12. The number of hydrogen-bond acceptors (Lipinski definition) is 5. The zero-order valence-electron chi connectivity index (χ0n) is 11.3. The number of methoxy groups -OCH3 is 1. The quantitative estimate of drug-likeness (QED) is 0.750. The molecule has 114 valence electrons. The van der Waals surface area contributed by atoms with Crippen LogP contribution in [0, 0.1) is 0 Å². The van der Waals surface area contributed by atoms with Crippen molar-refractivity contribution in [3.63, 3.8) is 0 Å². The van der Waals surface area contributed by atoms with Crippen LogP contribution in [0.1, 0.15) is 22.8 Å². The Hall–Kier alpha value is -1.15. The molecule has 0 aromatic heterocycles. The van der Waals surface area contributed by atoms with Gasteiger partial charge >= 0.3 is 5.97 Å². The molecule has 1 aromatic rings. The molecule has 1 atom stereocenters. The zero-order chi connectivity index (χ0) is 14.5. The Bertz CT molecular complexity index is 548. The molecule has 0 unspecified atom stereocenters. The molecule has 0 amide bonds. The predicted octanol–water partition coefficient (Wildman–Crippen LogP) is 0.662. The Morgan fingerprint density at radius 2 is 2.10 bits per heavy atom. The van der Waals surface area contributed by atoms with Gasteiger partial charge in [0, 0.05) is 12.6 Å². The fraction of sp³-hybridized carbons (Fsp3) is 0.417. The second-order valence-electron chi connectivity index (χ2n) is 4.21. The van der Waals surface area contributed by atoms with Crippen LogP contribution >= 0.6 is 12.4 Å². The number of hydrogen-bond donors (Lipinski definition) is 2. The average Bonchev–Trinajstić information content (AvgIpc) is 2.36. The van der Waals surface area contributed by atoms with Crippen molar-refractivity contribution in [3.05, 3.63) is 35.4 Å². The first-order valence-corrected chi connectivity index (χ1v) is 7.40. The van der Waals surface area contributed by atoms with E-state index in [0.29, 0.717) is 11.1 Å². The molecule has 0 aliphatic carbocycles. The Morgan fingerprint density at radius 1 is 1.45 bits per heavy atom. The molecular formula is C12H19ClN2O4S. The molecule has 3 N–H and O–H groups in total. The third-order valence-electron chi connectivity index (χ3n) is 2.44. The molecule has 0 aliphatic rings. The number of carbonyl (C=O) groups excluding carboxylic acids is 1. The molecule has 0 radical (unpaired) electrons. The van der Waals surface area contributed by atoms with Gasteiger partial charge in [0.15, 0.2) is 0 Å². The number of rotatable bonds is 6. The lowest BCUT2D eigenvalue weighted by atomic mass is 10.1. The van der Waals surface area contributed by atoms with Crippen molar-refractivity contribution >= 4 is 28.4 Å². The standard InChI is InChI=1S/C12H18N2O4S.ClH/c1-9(7-13)14-19(16,17)8-10-4-3-5-11(6-10)12(15)18-2;/h3-6,9,14H,7-8,13H2,1-2H3;1H/t9-;/m1./s1. The number of nitrogens with one attached hydrogen (secondary N) is 1. The summed E-state index contributed by atoms with van der Waals surface area (Å²) in [7, 11) is -2.20. The minimum Gasteiger partial charge on any atom is -0.465 e. The topological polar surface area (TPSA) is 98.5 Å². The fourth-order valence-corrected chi connectivity index (χ4v) is 2.93. The van der Waals surface area contributed by atoms with Gasteiger partial charge in [0.1, 0.15) is 0 Å². The SMILES string of the molecule is COC(=O)c1cccc(CS(=O)(=O)N[C@H](C)CN)c1.Cl. The van der Waals surface area contributed by atoms with E-state index in [9.17, 15) is 13.2 Å². The molecule has 0 saturated heterocycles. The maximum absolute atomic E-state index is 11.8. The lowest BCUT2D eigenvalue weighted by molar-refractivity contribution is 0.0600. The highest BCUT2D eigenvalue weighted by Gasteiger charge is 2.15. The molecule has 6 nitrogen and oxygen atoms in total. The fourth-order valence-electron chi connectivity index (χ4n) is 1.52. The normalized spacial score (nSPS) is 12.3. The van der Waals surface area contributed by atoms with Crippen molar-refractivity contribution in [1.82, 2.24) is 4.72 Å². The minimum atomic E-state index is -3.48. The Kier molecular flexibility index (Phi) is 7.74. The molecule has 1 rings (SSSR count). The number of nitrogens with two attached hydrogens (primary N) is 1. The second-order valence-corrected chi connectivity index (χ2v) is 5.96. The first kappa shape index (κ1) is 18.9. The summed E-state index contributed by atoms with van der Waals surface area (Å²) in [5, 5.41) is 0. The molecule has 0 fully saturated rings. The van der Waals surface area contributed by atoms with Gasteiger partial charge in [-0.25, -0.2) is 17.9 Å². The van der Waals surface area contributed by atoms with E-state index < -0.39 is 16.0 Å². The van der Waals surface area contributed by atoms with Crippen LogP contribution in [-0.4, -0.2) is 34.1 Å². The number of sulfonamides is 1. The first-order valence-electron chi connectivity index (χ1n) is 5.75. The highest BCUT2D eigenvalue weighted by molar-refractivity contribution is 7.88. The number of esters is 1. The maximum Gasteiger partial charge on any atom is 0.337 e. The number of halogens is 1. The van der Waals surface area contributed by atoms with Crippen molar-refractivity contribution < 1.29 is 17.9 Å². The molecule has 0 spiro atoms. The summed E-state index contributed by atoms with van der Waals surface area (Å²) >= 11 is 0. The van der Waals surface area contributed by atoms with E-state index in [1.54, 1.807) is 25.1 Å². The van der Waals surface area contributed by atoms with Gasteiger partial charge < -0.3 is 10.5 Å². The summed E-state index contributed by atoms with van der Waals surface area (Å²) in [6, 6.07) is 5.99. The summed E-state index contributed by atoms with van der Waals surface area (Å²) in [5.74, 6) is -0.704. The molecule has 0 heterocycles. The van der Waals surface area contributed by atoms with Crippen molar-refractivity contribution in [2.45, 2.75) is 18.7 Å². The van der Waals surface area contributed by atoms with E-state index in [2.05, 4.69) is 9.46 Å². The molecule has 8 heteroatoms. The van der Waals surface area contributed by atoms with Crippen LogP contribution in [0.2, 0.25) is 0 Å². The van der Waals surface area contributed by atoms with E-state index in [-0.39, 0.29) is 30.7 Å². The van der Waals surface area contributed by atoms with Crippen LogP contribution < -0.4 is 10.5 Å². The van der Waals surface area contributed by atoms with Crippen LogP contribution in [-0.2, 0) is 20.5 Å². The number of carbonyl (C=O) groups is 1. The largest absolute Gasteiger partial charge is 0.465 e. The third kappa shape index (κ3) is 5.87. The van der Waals surface area contributed by atoms with Crippen molar-refractivity contribution in [2.75, 3.05) is 13.7 Å². The Morgan fingerprint density at radius 3 is 2.65 bits per heavy atom. The third-order valence-corrected chi connectivity index (χ3v) is 3.91. The average molecular weight is 323 g/mol. The molecular weight excluding hydrogens is 304 g/mol. The number of ether oxygens (including phenoxy) is 1. The first-order chi connectivity index (χ1) is 8.88. The highest BCUT2D eigenvalue weighted by Crippen LogP contribution is 2.10. The van der Waals surface area contributed by atoms with Gasteiger partial charge in [0.05, 0.1) is 18.4 Å². The maximum atomic E-state index is 11.8. The van der Waals surface area contributed by atoms with E-state index in [1.807, 2.05) is 0 Å². The summed E-state index contributed by atoms with van der Waals surface area (Å²) in [6.45, 7) is 1.91. The van der Waals surface area contributed by atoms with Gasteiger partial charge in [-0.15, -0.1) is 12.4 Å². The van der Waals surface area contributed by atoms with Gasteiger partial charge in [-0.1, -0.05) is 12.1 Å². The van der Waals surface area contributed by atoms with Crippen LogP contribution in [0.4, 0.5) is 0 Å².